The Bertz CT molecular complexity index is 1310. The fourth-order valence-electron chi connectivity index (χ4n) is 4.57. The minimum atomic E-state index is -0.376. The molecule has 0 bridgehead atoms. The van der Waals surface area contributed by atoms with Gasteiger partial charge in [-0.1, -0.05) is 37.3 Å². The Morgan fingerprint density at radius 1 is 1.16 bits per heavy atom. The number of benzene rings is 2. The molecule has 1 amide bonds. The van der Waals surface area contributed by atoms with Gasteiger partial charge in [-0.15, -0.1) is 11.3 Å². The van der Waals surface area contributed by atoms with E-state index in [-0.39, 0.29) is 24.4 Å². The largest absolute Gasteiger partial charge is 0.493 e. The Morgan fingerprint density at radius 3 is 2.73 bits per heavy atom. The van der Waals surface area contributed by atoms with Crippen LogP contribution in [0.25, 0.3) is 6.08 Å². The van der Waals surface area contributed by atoms with Crippen molar-refractivity contribution in [2.24, 2.45) is 0 Å². The number of rotatable bonds is 9. The molecule has 1 heterocycles. The molecule has 6 nitrogen and oxygen atoms in total. The monoisotopic (exact) mass is 519 g/mol. The van der Waals surface area contributed by atoms with Gasteiger partial charge in [-0.2, -0.15) is 0 Å². The Labute approximate surface area is 222 Å². The van der Waals surface area contributed by atoms with Gasteiger partial charge in [0.25, 0.3) is 0 Å². The summed E-state index contributed by atoms with van der Waals surface area (Å²) < 4.78 is 16.8. The predicted molar refractivity (Wildman–Crippen MR) is 148 cm³/mol. The molecule has 0 saturated carbocycles. The van der Waals surface area contributed by atoms with E-state index in [0.29, 0.717) is 28.7 Å². The summed E-state index contributed by atoms with van der Waals surface area (Å²) in [6, 6.07) is 13.6. The van der Waals surface area contributed by atoms with Crippen LogP contribution in [-0.4, -0.2) is 25.6 Å². The maximum absolute atomic E-state index is 12.8. The van der Waals surface area contributed by atoms with Crippen molar-refractivity contribution in [2.75, 3.05) is 19.0 Å². The van der Waals surface area contributed by atoms with E-state index in [1.54, 1.807) is 20.1 Å². The Morgan fingerprint density at radius 2 is 1.97 bits per heavy atom. The molecule has 7 heteroatoms. The summed E-state index contributed by atoms with van der Waals surface area (Å²) in [7, 11) is 1.59. The fourth-order valence-corrected chi connectivity index (χ4v) is 5.92. The lowest BCUT2D eigenvalue weighted by molar-refractivity contribution is -0.111. The van der Waals surface area contributed by atoms with E-state index in [9.17, 15) is 9.59 Å². The van der Waals surface area contributed by atoms with Crippen LogP contribution in [0.4, 0.5) is 5.00 Å². The zero-order chi connectivity index (χ0) is 26.4. The van der Waals surface area contributed by atoms with Crippen LogP contribution in [0.2, 0.25) is 0 Å². The molecule has 0 saturated heterocycles. The Kier molecular flexibility index (Phi) is 8.66. The van der Waals surface area contributed by atoms with Gasteiger partial charge >= 0.3 is 5.97 Å². The number of carbonyl (C=O) groups is 2. The van der Waals surface area contributed by atoms with Gasteiger partial charge < -0.3 is 19.5 Å². The molecule has 1 aliphatic rings. The summed E-state index contributed by atoms with van der Waals surface area (Å²) in [5.74, 6) is 0.791. The number of hydrogen-bond acceptors (Lipinski definition) is 6. The van der Waals surface area contributed by atoms with Crippen molar-refractivity contribution in [3.63, 3.8) is 0 Å². The highest BCUT2D eigenvalue weighted by Crippen LogP contribution is 2.43. The lowest BCUT2D eigenvalue weighted by Crippen LogP contribution is -2.15. The minimum Gasteiger partial charge on any atom is -0.493 e. The van der Waals surface area contributed by atoms with Crippen LogP contribution in [0.1, 0.15) is 70.1 Å². The van der Waals surface area contributed by atoms with Gasteiger partial charge in [0.05, 0.1) is 19.3 Å². The molecule has 1 unspecified atom stereocenters. The second-order valence-corrected chi connectivity index (χ2v) is 10.2. The van der Waals surface area contributed by atoms with Gasteiger partial charge in [-0.3, -0.25) is 4.79 Å². The number of aryl methyl sites for hydroxylation is 2. The number of fused-ring (bicyclic) bond motifs is 1. The molecular formula is C30H33NO5S. The van der Waals surface area contributed by atoms with Crippen LogP contribution >= 0.6 is 11.3 Å². The number of hydrogen-bond donors (Lipinski definition) is 1. The van der Waals surface area contributed by atoms with E-state index < -0.39 is 0 Å². The summed E-state index contributed by atoms with van der Waals surface area (Å²) >= 11 is 1.48. The van der Waals surface area contributed by atoms with Gasteiger partial charge in [0, 0.05) is 11.0 Å². The van der Waals surface area contributed by atoms with Crippen LogP contribution in [0.5, 0.6) is 11.5 Å². The highest BCUT2D eigenvalue weighted by atomic mass is 32.1. The van der Waals surface area contributed by atoms with Crippen molar-refractivity contribution in [1.29, 1.82) is 0 Å². The number of amides is 1. The van der Waals surface area contributed by atoms with Crippen molar-refractivity contribution in [2.45, 2.75) is 52.6 Å². The van der Waals surface area contributed by atoms with Crippen molar-refractivity contribution in [1.82, 2.24) is 0 Å². The average Bonchev–Trinajstić information content (AvgIpc) is 3.26. The zero-order valence-corrected chi connectivity index (χ0v) is 22.6. The van der Waals surface area contributed by atoms with Crippen molar-refractivity contribution < 1.29 is 23.8 Å². The second kappa shape index (κ2) is 12.1. The Hall–Kier alpha value is -3.58. The summed E-state index contributed by atoms with van der Waals surface area (Å²) in [6.07, 6.45) is 6.19. The van der Waals surface area contributed by atoms with Gasteiger partial charge in [0.2, 0.25) is 5.91 Å². The predicted octanol–water partition coefficient (Wildman–Crippen LogP) is 6.91. The van der Waals surface area contributed by atoms with Gasteiger partial charge in [-0.05, 0) is 79.5 Å². The minimum absolute atomic E-state index is 0.264. The van der Waals surface area contributed by atoms with Gasteiger partial charge in [0.15, 0.2) is 11.5 Å². The maximum atomic E-state index is 12.8. The molecule has 194 valence electrons. The lowest BCUT2D eigenvalue weighted by atomic mass is 9.86. The number of nitrogens with one attached hydrogen (secondary N) is 1. The van der Waals surface area contributed by atoms with E-state index in [1.807, 2.05) is 36.4 Å². The van der Waals surface area contributed by atoms with Gasteiger partial charge in [-0.25, -0.2) is 4.79 Å². The third-order valence-corrected chi connectivity index (χ3v) is 7.71. The SMILES string of the molecule is CCOC(=O)c1c(NC(=O)C=Cc2ccc(OCc3ccccc3C)c(OC)c2)sc2c1C(C)CCC2. The van der Waals surface area contributed by atoms with E-state index in [1.165, 1.54) is 23.0 Å². The molecule has 37 heavy (non-hydrogen) atoms. The number of ether oxygens (including phenoxy) is 3. The average molecular weight is 520 g/mol. The molecule has 0 spiro atoms. The molecule has 4 rings (SSSR count). The molecule has 2 aromatic carbocycles. The maximum Gasteiger partial charge on any atom is 0.341 e. The smallest absolute Gasteiger partial charge is 0.341 e. The summed E-state index contributed by atoms with van der Waals surface area (Å²) in [6.45, 7) is 6.69. The molecule has 3 aromatic rings. The molecule has 1 aliphatic carbocycles. The first-order valence-electron chi connectivity index (χ1n) is 12.6. The molecule has 0 radical (unpaired) electrons. The van der Waals surface area contributed by atoms with E-state index in [4.69, 9.17) is 14.2 Å². The second-order valence-electron chi connectivity index (χ2n) is 9.10. The number of methoxy groups -OCH3 is 1. The van der Waals surface area contributed by atoms with Crippen LogP contribution < -0.4 is 14.8 Å². The van der Waals surface area contributed by atoms with Crippen LogP contribution in [0.15, 0.2) is 48.5 Å². The first-order valence-corrected chi connectivity index (χ1v) is 13.4. The topological polar surface area (TPSA) is 73.9 Å². The standard InChI is InChI=1S/C30H33NO5S/c1-5-35-30(33)28-27-20(3)10-8-12-25(27)37-29(28)31-26(32)16-14-21-13-15-23(24(17-21)34-4)36-18-22-11-7-6-9-19(22)2/h6-7,9,11,13-17,20H,5,8,10,12,18H2,1-4H3,(H,31,32). The van der Waals surface area contributed by atoms with Crippen molar-refractivity contribution in [3.8, 4) is 11.5 Å². The normalized spacial score (nSPS) is 14.8. The first-order chi connectivity index (χ1) is 17.9. The third-order valence-electron chi connectivity index (χ3n) is 6.53. The van der Waals surface area contributed by atoms with Gasteiger partial charge in [0.1, 0.15) is 11.6 Å². The summed E-state index contributed by atoms with van der Waals surface area (Å²) in [5, 5.41) is 3.48. The van der Waals surface area contributed by atoms with Crippen molar-refractivity contribution in [3.05, 3.63) is 81.2 Å². The molecule has 1 aromatic heterocycles. The van der Waals surface area contributed by atoms with E-state index in [2.05, 4.69) is 25.2 Å². The molecule has 0 aliphatic heterocycles. The molecule has 1 atom stereocenters. The quantitative estimate of drug-likeness (QED) is 0.246. The highest BCUT2D eigenvalue weighted by Gasteiger charge is 2.30. The highest BCUT2D eigenvalue weighted by molar-refractivity contribution is 7.17. The van der Waals surface area contributed by atoms with Crippen LogP contribution in [0.3, 0.4) is 0 Å². The molecular weight excluding hydrogens is 486 g/mol. The zero-order valence-electron chi connectivity index (χ0n) is 21.8. The van der Waals surface area contributed by atoms with E-state index >= 15 is 0 Å². The van der Waals surface area contributed by atoms with Crippen LogP contribution in [0, 0.1) is 6.92 Å². The number of carbonyl (C=O) groups excluding carboxylic acids is 2. The van der Waals surface area contributed by atoms with Crippen LogP contribution in [-0.2, 0) is 22.6 Å². The third kappa shape index (κ3) is 6.23. The summed E-state index contributed by atoms with van der Waals surface area (Å²) in [5.41, 5.74) is 4.60. The lowest BCUT2D eigenvalue weighted by Gasteiger charge is -2.19. The first kappa shape index (κ1) is 26.5. The number of anilines is 1. The molecule has 1 N–H and O–H groups in total. The number of thiophene rings is 1. The van der Waals surface area contributed by atoms with Crippen molar-refractivity contribution >= 4 is 34.3 Å². The number of esters is 1. The Balaban J connectivity index is 1.47. The van der Waals surface area contributed by atoms with E-state index in [0.717, 1.165) is 40.8 Å². The molecule has 0 fully saturated rings. The summed E-state index contributed by atoms with van der Waals surface area (Å²) in [4.78, 5) is 26.7. The fraction of sp³-hybridized carbons (Fsp3) is 0.333.